The molecule has 0 aromatic heterocycles. The summed E-state index contributed by atoms with van der Waals surface area (Å²) in [5.41, 5.74) is 0.970. The monoisotopic (exact) mass is 282 g/mol. The molecule has 0 fully saturated rings. The van der Waals surface area contributed by atoms with Gasteiger partial charge in [0.1, 0.15) is 0 Å². The van der Waals surface area contributed by atoms with E-state index in [9.17, 15) is 8.78 Å². The number of benzene rings is 1. The molecule has 20 heavy (non-hydrogen) atoms. The minimum atomic E-state index is -0.930. The van der Waals surface area contributed by atoms with Crippen molar-refractivity contribution in [3.63, 3.8) is 0 Å². The van der Waals surface area contributed by atoms with Crippen molar-refractivity contribution in [1.82, 2.24) is 0 Å². The first-order valence-corrected chi connectivity index (χ1v) is 7.13. The number of hydrogen-bond acceptors (Lipinski definition) is 2. The number of allylic oxidation sites excluding steroid dienone is 1. The Morgan fingerprint density at radius 1 is 1.25 bits per heavy atom. The molecule has 0 radical (unpaired) electrons. The molecule has 1 aliphatic heterocycles. The van der Waals surface area contributed by atoms with Crippen molar-refractivity contribution < 1.29 is 18.3 Å². The van der Waals surface area contributed by atoms with E-state index in [1.54, 1.807) is 19.3 Å². The predicted molar refractivity (Wildman–Crippen MR) is 74.5 cm³/mol. The molecule has 0 spiro atoms. The van der Waals surface area contributed by atoms with Crippen molar-refractivity contribution in [2.45, 2.75) is 45.6 Å². The number of rotatable bonds is 5. The zero-order valence-electron chi connectivity index (χ0n) is 11.9. The molecule has 1 aliphatic rings. The molecule has 0 amide bonds. The maximum Gasteiger partial charge on any atom is 0.201 e. The van der Waals surface area contributed by atoms with Gasteiger partial charge in [-0.25, -0.2) is 4.39 Å². The van der Waals surface area contributed by atoms with Gasteiger partial charge in [0.25, 0.3) is 0 Å². The Morgan fingerprint density at radius 2 is 2.05 bits per heavy atom. The summed E-state index contributed by atoms with van der Waals surface area (Å²) in [4.78, 5) is 0. The molecule has 1 aromatic carbocycles. The van der Waals surface area contributed by atoms with Crippen LogP contribution in [0.4, 0.5) is 8.78 Å². The molecule has 110 valence electrons. The molecule has 2 nitrogen and oxygen atoms in total. The van der Waals surface area contributed by atoms with Crippen molar-refractivity contribution in [3.05, 3.63) is 35.6 Å². The molecule has 0 N–H and O–H groups in total. The summed E-state index contributed by atoms with van der Waals surface area (Å²) in [6.07, 6.45) is 5.36. The van der Waals surface area contributed by atoms with Crippen LogP contribution in [0.1, 0.15) is 45.1 Å². The SMILES string of the molecule is CCCC1CCC(c2ccc(OCC)c(F)c2F)=CO1. The highest BCUT2D eigenvalue weighted by Gasteiger charge is 2.21. The Labute approximate surface area is 118 Å². The summed E-state index contributed by atoms with van der Waals surface area (Å²) in [6.45, 7) is 4.14. The second-order valence-corrected chi connectivity index (χ2v) is 4.90. The van der Waals surface area contributed by atoms with Crippen LogP contribution in [0.25, 0.3) is 5.57 Å². The maximum atomic E-state index is 14.1. The summed E-state index contributed by atoms with van der Waals surface area (Å²) in [5, 5.41) is 0. The van der Waals surface area contributed by atoms with Crippen LogP contribution in [0.2, 0.25) is 0 Å². The second kappa shape index (κ2) is 6.73. The molecule has 0 saturated carbocycles. The fourth-order valence-corrected chi connectivity index (χ4v) is 2.40. The van der Waals surface area contributed by atoms with Crippen LogP contribution in [0, 0.1) is 11.6 Å². The van der Waals surface area contributed by atoms with Gasteiger partial charge in [-0.15, -0.1) is 0 Å². The fraction of sp³-hybridized carbons (Fsp3) is 0.500. The van der Waals surface area contributed by atoms with Gasteiger partial charge in [0.05, 0.1) is 19.0 Å². The van der Waals surface area contributed by atoms with Gasteiger partial charge in [-0.3, -0.25) is 0 Å². The van der Waals surface area contributed by atoms with Crippen molar-refractivity contribution in [2.75, 3.05) is 6.61 Å². The summed E-state index contributed by atoms with van der Waals surface area (Å²) >= 11 is 0. The van der Waals surface area contributed by atoms with Gasteiger partial charge < -0.3 is 9.47 Å². The van der Waals surface area contributed by atoms with Gasteiger partial charge >= 0.3 is 0 Å². The molecule has 4 heteroatoms. The quantitative estimate of drug-likeness (QED) is 0.780. The van der Waals surface area contributed by atoms with E-state index >= 15 is 0 Å². The smallest absolute Gasteiger partial charge is 0.201 e. The van der Waals surface area contributed by atoms with Crippen LogP contribution in [0.5, 0.6) is 5.75 Å². The largest absolute Gasteiger partial charge is 0.498 e. The van der Waals surface area contributed by atoms with Crippen LogP contribution >= 0.6 is 0 Å². The Hall–Kier alpha value is -1.58. The molecule has 1 aromatic rings. The molecule has 1 atom stereocenters. The highest BCUT2D eigenvalue weighted by Crippen LogP contribution is 2.32. The summed E-state index contributed by atoms with van der Waals surface area (Å²) in [7, 11) is 0. The van der Waals surface area contributed by atoms with Crippen molar-refractivity contribution in [2.24, 2.45) is 0 Å². The van der Waals surface area contributed by atoms with Crippen molar-refractivity contribution in [3.8, 4) is 5.75 Å². The van der Waals surface area contributed by atoms with Crippen LogP contribution < -0.4 is 4.74 Å². The van der Waals surface area contributed by atoms with Gasteiger partial charge in [0.15, 0.2) is 11.6 Å². The van der Waals surface area contributed by atoms with Crippen LogP contribution in [0.3, 0.4) is 0 Å². The van der Waals surface area contributed by atoms with E-state index in [2.05, 4.69) is 6.92 Å². The average molecular weight is 282 g/mol. The predicted octanol–water partition coefficient (Wildman–Crippen LogP) is 4.68. The van der Waals surface area contributed by atoms with E-state index in [1.165, 1.54) is 6.07 Å². The van der Waals surface area contributed by atoms with Crippen LogP contribution in [-0.4, -0.2) is 12.7 Å². The normalized spacial score (nSPS) is 18.4. The average Bonchev–Trinajstić information content (AvgIpc) is 2.46. The van der Waals surface area contributed by atoms with E-state index in [4.69, 9.17) is 9.47 Å². The van der Waals surface area contributed by atoms with Gasteiger partial charge in [0.2, 0.25) is 5.82 Å². The topological polar surface area (TPSA) is 18.5 Å². The molecule has 0 bridgehead atoms. The van der Waals surface area contributed by atoms with E-state index in [-0.39, 0.29) is 17.4 Å². The van der Waals surface area contributed by atoms with Crippen LogP contribution in [-0.2, 0) is 4.74 Å². The van der Waals surface area contributed by atoms with Gasteiger partial charge in [-0.1, -0.05) is 13.3 Å². The summed E-state index contributed by atoms with van der Waals surface area (Å²) in [5.74, 6) is -1.84. The van der Waals surface area contributed by atoms with Gasteiger partial charge in [-0.05, 0) is 43.9 Å². The molecule has 1 unspecified atom stereocenters. The number of ether oxygens (including phenoxy) is 2. The minimum absolute atomic E-state index is 0.0464. The lowest BCUT2D eigenvalue weighted by Crippen LogP contribution is -2.14. The standard InChI is InChI=1S/C16H20F2O2/c1-3-5-12-7-6-11(10-20-12)13-8-9-14(19-4-2)16(18)15(13)17/h8-10,12H,3-7H2,1-2H3. The third-order valence-electron chi connectivity index (χ3n) is 3.44. The summed E-state index contributed by atoms with van der Waals surface area (Å²) < 4.78 is 38.5. The Kier molecular flexibility index (Phi) is 4.99. The van der Waals surface area contributed by atoms with Gasteiger partial charge in [-0.2, -0.15) is 4.39 Å². The molecule has 0 saturated heterocycles. The van der Waals surface area contributed by atoms with Crippen molar-refractivity contribution in [1.29, 1.82) is 0 Å². The summed E-state index contributed by atoms with van der Waals surface area (Å²) in [6, 6.07) is 3.02. The first-order chi connectivity index (χ1) is 9.67. The first kappa shape index (κ1) is 14.8. The lowest BCUT2D eigenvalue weighted by molar-refractivity contribution is 0.118. The lowest BCUT2D eigenvalue weighted by atomic mass is 9.96. The first-order valence-electron chi connectivity index (χ1n) is 7.13. The number of hydrogen-bond donors (Lipinski definition) is 0. The highest BCUT2D eigenvalue weighted by molar-refractivity contribution is 5.66. The van der Waals surface area contributed by atoms with E-state index in [1.807, 2.05) is 0 Å². The highest BCUT2D eigenvalue weighted by atomic mass is 19.2. The lowest BCUT2D eigenvalue weighted by Gasteiger charge is -2.23. The molecule has 1 heterocycles. The zero-order valence-corrected chi connectivity index (χ0v) is 11.9. The molecule has 0 aliphatic carbocycles. The molecular weight excluding hydrogens is 262 g/mol. The fourth-order valence-electron chi connectivity index (χ4n) is 2.40. The maximum absolute atomic E-state index is 14.1. The Bertz CT molecular complexity index is 497. The minimum Gasteiger partial charge on any atom is -0.498 e. The Morgan fingerprint density at radius 3 is 2.65 bits per heavy atom. The molecular formula is C16H20F2O2. The van der Waals surface area contributed by atoms with E-state index < -0.39 is 11.6 Å². The van der Waals surface area contributed by atoms with Crippen molar-refractivity contribution >= 4 is 5.57 Å². The third kappa shape index (κ3) is 3.11. The van der Waals surface area contributed by atoms with Gasteiger partial charge in [0, 0.05) is 5.56 Å². The Balaban J connectivity index is 2.20. The second-order valence-electron chi connectivity index (χ2n) is 4.90. The zero-order chi connectivity index (χ0) is 14.5. The van der Waals surface area contributed by atoms with Crippen LogP contribution in [0.15, 0.2) is 18.4 Å². The third-order valence-corrected chi connectivity index (χ3v) is 3.44. The molecule has 2 rings (SSSR count). The van der Waals surface area contributed by atoms with E-state index in [0.717, 1.165) is 19.3 Å². The van der Waals surface area contributed by atoms with E-state index in [0.29, 0.717) is 18.6 Å². The number of halogens is 2.